The molecule has 2 N–H and O–H groups in total. The number of nitrogens with two attached hydrogens (primary N) is 1. The monoisotopic (exact) mass is 262 g/mol. The minimum Gasteiger partial charge on any atom is -0.329 e. The molecule has 0 heterocycles. The van der Waals surface area contributed by atoms with E-state index in [1.54, 1.807) is 0 Å². The van der Waals surface area contributed by atoms with E-state index in [0.29, 0.717) is 18.0 Å². The van der Waals surface area contributed by atoms with Crippen LogP contribution in [0.3, 0.4) is 0 Å². The Bertz CT molecular complexity index is 336. The standard InChI is InChI=1S/C17H30N2/c1-5-9-15(3)19(4)17(13-18)12-14(2)16-10-7-6-8-11-16/h6-8,10-11,14-15,17H,5,9,12-13,18H2,1-4H3. The summed E-state index contributed by atoms with van der Waals surface area (Å²) in [5.74, 6) is 0.561. The summed E-state index contributed by atoms with van der Waals surface area (Å²) in [4.78, 5) is 2.46. The van der Waals surface area contributed by atoms with Crippen LogP contribution >= 0.6 is 0 Å². The predicted octanol–water partition coefficient (Wildman–Crippen LogP) is 3.63. The molecule has 108 valence electrons. The van der Waals surface area contributed by atoms with Crippen molar-refractivity contribution in [1.82, 2.24) is 4.90 Å². The molecule has 0 bridgehead atoms. The van der Waals surface area contributed by atoms with Gasteiger partial charge in [-0.2, -0.15) is 0 Å². The van der Waals surface area contributed by atoms with E-state index in [2.05, 4.69) is 63.1 Å². The van der Waals surface area contributed by atoms with E-state index >= 15 is 0 Å². The minimum atomic E-state index is 0.469. The van der Waals surface area contributed by atoms with Gasteiger partial charge in [0.05, 0.1) is 0 Å². The van der Waals surface area contributed by atoms with Gasteiger partial charge in [-0.1, -0.05) is 50.6 Å². The lowest BCUT2D eigenvalue weighted by Crippen LogP contribution is -2.43. The van der Waals surface area contributed by atoms with Crippen molar-refractivity contribution in [3.8, 4) is 0 Å². The second kappa shape index (κ2) is 8.34. The van der Waals surface area contributed by atoms with Crippen LogP contribution in [-0.4, -0.2) is 30.6 Å². The predicted molar refractivity (Wildman–Crippen MR) is 84.4 cm³/mol. The lowest BCUT2D eigenvalue weighted by atomic mass is 9.92. The summed E-state index contributed by atoms with van der Waals surface area (Å²) in [5, 5.41) is 0. The first-order valence-electron chi connectivity index (χ1n) is 7.57. The highest BCUT2D eigenvalue weighted by atomic mass is 15.2. The van der Waals surface area contributed by atoms with Crippen LogP contribution < -0.4 is 5.73 Å². The topological polar surface area (TPSA) is 29.3 Å². The number of nitrogens with zero attached hydrogens (tertiary/aromatic N) is 1. The molecule has 3 atom stereocenters. The van der Waals surface area contributed by atoms with Crippen LogP contribution in [-0.2, 0) is 0 Å². The van der Waals surface area contributed by atoms with Gasteiger partial charge >= 0.3 is 0 Å². The lowest BCUT2D eigenvalue weighted by molar-refractivity contribution is 0.165. The average molecular weight is 262 g/mol. The quantitative estimate of drug-likeness (QED) is 0.775. The van der Waals surface area contributed by atoms with Gasteiger partial charge in [0.15, 0.2) is 0 Å². The molecule has 1 rings (SSSR count). The van der Waals surface area contributed by atoms with Crippen LogP contribution in [0.5, 0.6) is 0 Å². The van der Waals surface area contributed by atoms with Crippen molar-refractivity contribution in [2.75, 3.05) is 13.6 Å². The second-order valence-electron chi connectivity index (χ2n) is 5.74. The Hall–Kier alpha value is -0.860. The van der Waals surface area contributed by atoms with Gasteiger partial charge in [0.1, 0.15) is 0 Å². The Kier molecular flexibility index (Phi) is 7.11. The molecular formula is C17H30N2. The number of hydrogen-bond donors (Lipinski definition) is 1. The molecule has 1 aromatic rings. The van der Waals surface area contributed by atoms with Crippen molar-refractivity contribution in [2.45, 2.75) is 58.0 Å². The average Bonchev–Trinajstić information content (AvgIpc) is 2.45. The maximum atomic E-state index is 5.99. The zero-order valence-electron chi connectivity index (χ0n) is 13.0. The van der Waals surface area contributed by atoms with Crippen LogP contribution in [0.1, 0.15) is 51.5 Å². The lowest BCUT2D eigenvalue weighted by Gasteiger charge is -2.34. The van der Waals surface area contributed by atoms with Gasteiger partial charge in [-0.15, -0.1) is 0 Å². The fourth-order valence-electron chi connectivity index (χ4n) is 2.74. The first kappa shape index (κ1) is 16.2. The molecular weight excluding hydrogens is 232 g/mol. The number of benzene rings is 1. The summed E-state index contributed by atoms with van der Waals surface area (Å²) in [6, 6.07) is 11.8. The van der Waals surface area contributed by atoms with E-state index in [4.69, 9.17) is 5.73 Å². The molecule has 3 unspecified atom stereocenters. The van der Waals surface area contributed by atoms with Gasteiger partial charge < -0.3 is 5.73 Å². The van der Waals surface area contributed by atoms with Gasteiger partial charge in [-0.3, -0.25) is 4.90 Å². The summed E-state index contributed by atoms with van der Waals surface area (Å²) in [6.45, 7) is 7.59. The smallest absolute Gasteiger partial charge is 0.0223 e. The minimum absolute atomic E-state index is 0.469. The van der Waals surface area contributed by atoms with E-state index in [-0.39, 0.29) is 0 Å². The zero-order valence-corrected chi connectivity index (χ0v) is 13.0. The first-order valence-corrected chi connectivity index (χ1v) is 7.57. The van der Waals surface area contributed by atoms with Crippen molar-refractivity contribution >= 4 is 0 Å². The molecule has 0 saturated heterocycles. The molecule has 0 aromatic heterocycles. The molecule has 2 nitrogen and oxygen atoms in total. The van der Waals surface area contributed by atoms with Crippen LogP contribution in [0.4, 0.5) is 0 Å². The highest BCUT2D eigenvalue weighted by molar-refractivity contribution is 5.18. The largest absolute Gasteiger partial charge is 0.329 e. The van der Waals surface area contributed by atoms with Crippen molar-refractivity contribution in [1.29, 1.82) is 0 Å². The second-order valence-corrected chi connectivity index (χ2v) is 5.74. The Morgan fingerprint density at radius 2 is 1.79 bits per heavy atom. The summed E-state index contributed by atoms with van der Waals surface area (Å²) < 4.78 is 0. The van der Waals surface area contributed by atoms with E-state index in [9.17, 15) is 0 Å². The van der Waals surface area contributed by atoms with Crippen molar-refractivity contribution in [3.05, 3.63) is 35.9 Å². The van der Waals surface area contributed by atoms with Gasteiger partial charge in [0.25, 0.3) is 0 Å². The van der Waals surface area contributed by atoms with Crippen LogP contribution in [0, 0.1) is 0 Å². The van der Waals surface area contributed by atoms with Crippen molar-refractivity contribution in [2.24, 2.45) is 5.73 Å². The van der Waals surface area contributed by atoms with Gasteiger partial charge in [-0.05, 0) is 38.3 Å². The molecule has 19 heavy (non-hydrogen) atoms. The first-order chi connectivity index (χ1) is 9.10. The number of rotatable bonds is 8. The Morgan fingerprint density at radius 3 is 2.32 bits per heavy atom. The molecule has 0 saturated carbocycles. The van der Waals surface area contributed by atoms with Crippen molar-refractivity contribution < 1.29 is 0 Å². The van der Waals surface area contributed by atoms with Crippen molar-refractivity contribution in [3.63, 3.8) is 0 Å². The van der Waals surface area contributed by atoms with E-state index in [1.165, 1.54) is 18.4 Å². The third-order valence-corrected chi connectivity index (χ3v) is 4.24. The molecule has 0 aliphatic rings. The normalized spacial score (nSPS) is 16.3. The molecule has 0 amide bonds. The third kappa shape index (κ3) is 4.96. The van der Waals surface area contributed by atoms with Crippen LogP contribution in [0.25, 0.3) is 0 Å². The SMILES string of the molecule is CCCC(C)N(C)C(CN)CC(C)c1ccccc1. The highest BCUT2D eigenvalue weighted by Crippen LogP contribution is 2.23. The fourth-order valence-corrected chi connectivity index (χ4v) is 2.74. The number of hydrogen-bond acceptors (Lipinski definition) is 2. The zero-order chi connectivity index (χ0) is 14.3. The van der Waals surface area contributed by atoms with Gasteiger partial charge in [-0.25, -0.2) is 0 Å². The molecule has 0 fully saturated rings. The molecule has 0 radical (unpaired) electrons. The van der Waals surface area contributed by atoms with E-state index in [1.807, 2.05) is 0 Å². The van der Waals surface area contributed by atoms with Gasteiger partial charge in [0.2, 0.25) is 0 Å². The van der Waals surface area contributed by atoms with E-state index < -0.39 is 0 Å². The summed E-state index contributed by atoms with van der Waals surface area (Å²) in [7, 11) is 2.22. The third-order valence-electron chi connectivity index (χ3n) is 4.24. The summed E-state index contributed by atoms with van der Waals surface area (Å²) in [6.07, 6.45) is 3.61. The fraction of sp³-hybridized carbons (Fsp3) is 0.647. The van der Waals surface area contributed by atoms with Crippen LogP contribution in [0.2, 0.25) is 0 Å². The highest BCUT2D eigenvalue weighted by Gasteiger charge is 2.20. The summed E-state index contributed by atoms with van der Waals surface area (Å²) in [5.41, 5.74) is 7.41. The van der Waals surface area contributed by atoms with Gasteiger partial charge in [0, 0.05) is 18.6 Å². The Labute approximate surface area is 119 Å². The maximum Gasteiger partial charge on any atom is 0.0223 e. The molecule has 0 aliphatic heterocycles. The Morgan fingerprint density at radius 1 is 1.16 bits per heavy atom. The molecule has 1 aromatic carbocycles. The Balaban J connectivity index is 2.61. The van der Waals surface area contributed by atoms with E-state index in [0.717, 1.165) is 13.0 Å². The number of likely N-dealkylation sites (N-methyl/N-ethyl adjacent to an activating group) is 1. The summed E-state index contributed by atoms with van der Waals surface area (Å²) >= 11 is 0. The molecule has 2 heteroatoms. The maximum absolute atomic E-state index is 5.99. The molecule has 0 spiro atoms. The molecule has 0 aliphatic carbocycles. The van der Waals surface area contributed by atoms with Crippen LogP contribution in [0.15, 0.2) is 30.3 Å².